The molecule has 6 nitrogen and oxygen atoms in total. The number of carbonyl (C=O) groups excluding carboxylic acids is 1. The van der Waals surface area contributed by atoms with Gasteiger partial charge in [-0.1, -0.05) is 6.92 Å². The number of ether oxygens (including phenoxy) is 1. The van der Waals surface area contributed by atoms with Crippen LogP contribution in [0.25, 0.3) is 0 Å². The fourth-order valence-corrected chi connectivity index (χ4v) is 1.94. The molecule has 15 heavy (non-hydrogen) atoms. The molecule has 0 saturated carbocycles. The normalized spacial score (nSPS) is 13.5. The summed E-state index contributed by atoms with van der Waals surface area (Å²) in [7, 11) is -3.61. The third kappa shape index (κ3) is 6.43. The van der Waals surface area contributed by atoms with Crippen molar-refractivity contribution in [3.05, 3.63) is 0 Å². The molecule has 0 aliphatic rings. The molecule has 0 heterocycles. The molecule has 0 aromatic carbocycles. The van der Waals surface area contributed by atoms with Crippen molar-refractivity contribution in [2.45, 2.75) is 33.2 Å². The number of carbonyl (C=O) groups is 1. The first-order chi connectivity index (χ1) is 6.93. The van der Waals surface area contributed by atoms with Crippen LogP contribution >= 0.6 is 0 Å². The van der Waals surface area contributed by atoms with E-state index in [9.17, 15) is 13.2 Å². The zero-order valence-electron chi connectivity index (χ0n) is 9.24. The van der Waals surface area contributed by atoms with Gasteiger partial charge in [0.2, 0.25) is 0 Å². The van der Waals surface area contributed by atoms with Crippen molar-refractivity contribution < 1.29 is 17.9 Å². The van der Waals surface area contributed by atoms with Crippen LogP contribution in [-0.4, -0.2) is 33.6 Å². The van der Waals surface area contributed by atoms with E-state index in [-0.39, 0.29) is 6.61 Å². The summed E-state index contributed by atoms with van der Waals surface area (Å²) in [4.78, 5) is 11.1. The molecule has 0 fully saturated rings. The maximum atomic E-state index is 11.3. The molecule has 0 amide bonds. The Morgan fingerprint density at radius 3 is 2.47 bits per heavy atom. The van der Waals surface area contributed by atoms with Gasteiger partial charge < -0.3 is 4.74 Å². The van der Waals surface area contributed by atoms with Gasteiger partial charge in [-0.15, -0.1) is 0 Å². The molecule has 1 unspecified atom stereocenters. The van der Waals surface area contributed by atoms with Gasteiger partial charge in [0.05, 0.1) is 6.61 Å². The zero-order chi connectivity index (χ0) is 11.9. The van der Waals surface area contributed by atoms with Gasteiger partial charge in [0.15, 0.2) is 0 Å². The number of nitrogens with one attached hydrogen (secondary N) is 2. The van der Waals surface area contributed by atoms with Crippen LogP contribution < -0.4 is 9.44 Å². The van der Waals surface area contributed by atoms with Crippen LogP contribution in [0.5, 0.6) is 0 Å². The van der Waals surface area contributed by atoms with Gasteiger partial charge in [-0.2, -0.15) is 13.1 Å². The maximum absolute atomic E-state index is 11.3. The van der Waals surface area contributed by atoms with Crippen LogP contribution in [0.1, 0.15) is 27.2 Å². The van der Waals surface area contributed by atoms with Crippen molar-refractivity contribution >= 4 is 16.2 Å². The quantitative estimate of drug-likeness (QED) is 0.600. The molecule has 0 aliphatic heterocycles. The summed E-state index contributed by atoms with van der Waals surface area (Å²) in [5, 5.41) is 0. The van der Waals surface area contributed by atoms with Gasteiger partial charge in [0, 0.05) is 6.54 Å². The van der Waals surface area contributed by atoms with Crippen molar-refractivity contribution in [2.75, 3.05) is 13.2 Å². The second-order valence-electron chi connectivity index (χ2n) is 2.99. The molecule has 90 valence electrons. The lowest BCUT2D eigenvalue weighted by molar-refractivity contribution is -0.144. The fraction of sp³-hybridized carbons (Fsp3) is 0.875. The highest BCUT2D eigenvalue weighted by molar-refractivity contribution is 7.87. The first-order valence-electron chi connectivity index (χ1n) is 4.86. The number of hydrogen-bond donors (Lipinski definition) is 2. The van der Waals surface area contributed by atoms with Crippen molar-refractivity contribution in [1.82, 2.24) is 9.44 Å². The monoisotopic (exact) mass is 238 g/mol. The smallest absolute Gasteiger partial charge is 0.323 e. The molecule has 0 bridgehead atoms. The summed E-state index contributed by atoms with van der Waals surface area (Å²) >= 11 is 0. The Balaban J connectivity index is 4.15. The van der Waals surface area contributed by atoms with E-state index < -0.39 is 22.2 Å². The molecule has 0 saturated heterocycles. The summed E-state index contributed by atoms with van der Waals surface area (Å²) in [6, 6.07) is -0.876. The summed E-state index contributed by atoms with van der Waals surface area (Å²) in [6.45, 7) is 5.51. The van der Waals surface area contributed by atoms with Crippen LogP contribution in [0.4, 0.5) is 0 Å². The minimum Gasteiger partial charge on any atom is -0.465 e. The van der Waals surface area contributed by atoms with E-state index in [0.717, 1.165) is 0 Å². The van der Waals surface area contributed by atoms with E-state index in [4.69, 9.17) is 0 Å². The summed E-state index contributed by atoms with van der Waals surface area (Å²) in [5.41, 5.74) is 0. The lowest BCUT2D eigenvalue weighted by atomic mass is 10.4. The lowest BCUT2D eigenvalue weighted by Gasteiger charge is -2.13. The zero-order valence-corrected chi connectivity index (χ0v) is 10.1. The maximum Gasteiger partial charge on any atom is 0.323 e. The van der Waals surface area contributed by atoms with Crippen molar-refractivity contribution in [3.63, 3.8) is 0 Å². The molecule has 0 aromatic heterocycles. The van der Waals surface area contributed by atoms with Crippen LogP contribution in [0, 0.1) is 0 Å². The second-order valence-corrected chi connectivity index (χ2v) is 4.52. The molecule has 0 radical (unpaired) electrons. The van der Waals surface area contributed by atoms with Crippen molar-refractivity contribution in [3.8, 4) is 0 Å². The number of esters is 1. The Hall–Kier alpha value is -0.660. The molecule has 2 N–H and O–H groups in total. The Morgan fingerprint density at radius 1 is 1.40 bits per heavy atom. The average molecular weight is 238 g/mol. The highest BCUT2D eigenvalue weighted by atomic mass is 32.2. The summed E-state index contributed by atoms with van der Waals surface area (Å²) in [5.74, 6) is -0.584. The molecule has 0 aromatic rings. The lowest BCUT2D eigenvalue weighted by Crippen LogP contribution is -2.45. The Morgan fingerprint density at radius 2 is 2.00 bits per heavy atom. The van der Waals surface area contributed by atoms with E-state index in [1.165, 1.54) is 6.92 Å². The van der Waals surface area contributed by atoms with E-state index >= 15 is 0 Å². The van der Waals surface area contributed by atoms with Crippen LogP contribution in [-0.2, 0) is 19.7 Å². The molecular weight excluding hydrogens is 220 g/mol. The predicted molar refractivity (Wildman–Crippen MR) is 56.4 cm³/mol. The molecule has 1 atom stereocenters. The minimum absolute atomic E-state index is 0.229. The van der Waals surface area contributed by atoms with Gasteiger partial charge in [-0.25, -0.2) is 4.72 Å². The average Bonchev–Trinajstić information content (AvgIpc) is 2.14. The molecule has 0 aliphatic carbocycles. The van der Waals surface area contributed by atoms with Crippen molar-refractivity contribution in [2.24, 2.45) is 0 Å². The third-order valence-electron chi connectivity index (χ3n) is 1.51. The molecule has 0 spiro atoms. The first kappa shape index (κ1) is 14.3. The summed E-state index contributed by atoms with van der Waals surface area (Å²) in [6.07, 6.45) is 0.689. The minimum atomic E-state index is -3.61. The highest BCUT2D eigenvalue weighted by Gasteiger charge is 2.20. The topological polar surface area (TPSA) is 84.5 Å². The van der Waals surface area contributed by atoms with Crippen molar-refractivity contribution in [1.29, 1.82) is 0 Å². The van der Waals surface area contributed by atoms with E-state index in [1.807, 2.05) is 6.92 Å². The Labute approximate surface area is 90.6 Å². The van der Waals surface area contributed by atoms with Gasteiger partial charge in [-0.05, 0) is 20.3 Å². The Bertz CT molecular complexity index is 289. The van der Waals surface area contributed by atoms with Crippen LogP contribution in [0.2, 0.25) is 0 Å². The van der Waals surface area contributed by atoms with E-state index in [1.54, 1.807) is 6.92 Å². The van der Waals surface area contributed by atoms with E-state index in [2.05, 4.69) is 14.2 Å². The SMILES string of the molecule is CCCNS(=O)(=O)NC(C)C(=O)OCC. The molecule has 0 rings (SSSR count). The van der Waals surface area contributed by atoms with E-state index in [0.29, 0.717) is 13.0 Å². The Kier molecular flexibility index (Phi) is 6.46. The summed E-state index contributed by atoms with van der Waals surface area (Å²) < 4.78 is 31.7. The molecule has 7 heteroatoms. The largest absolute Gasteiger partial charge is 0.465 e. The number of rotatable bonds is 7. The van der Waals surface area contributed by atoms with Gasteiger partial charge >= 0.3 is 5.97 Å². The first-order valence-corrected chi connectivity index (χ1v) is 6.34. The molecular formula is C8H18N2O4S. The van der Waals surface area contributed by atoms with Gasteiger partial charge in [-0.3, -0.25) is 4.79 Å². The van der Waals surface area contributed by atoms with Crippen LogP contribution in [0.3, 0.4) is 0 Å². The van der Waals surface area contributed by atoms with Gasteiger partial charge in [0.1, 0.15) is 6.04 Å². The third-order valence-corrected chi connectivity index (χ3v) is 2.76. The predicted octanol–water partition coefficient (Wildman–Crippen LogP) is -0.228. The number of hydrogen-bond acceptors (Lipinski definition) is 4. The van der Waals surface area contributed by atoms with Crippen LogP contribution in [0.15, 0.2) is 0 Å². The van der Waals surface area contributed by atoms with Gasteiger partial charge in [0.25, 0.3) is 10.2 Å². The highest BCUT2D eigenvalue weighted by Crippen LogP contribution is 1.90. The second kappa shape index (κ2) is 6.76. The fourth-order valence-electron chi connectivity index (χ4n) is 0.826. The standard InChI is InChI=1S/C8H18N2O4S/c1-4-6-9-15(12,13)10-7(3)8(11)14-5-2/h7,9-10H,4-6H2,1-3H3.